The van der Waals surface area contributed by atoms with E-state index in [9.17, 15) is 14.4 Å². The summed E-state index contributed by atoms with van der Waals surface area (Å²) in [5.41, 5.74) is 2.19. The normalized spacial score (nSPS) is 13.2. The number of amides is 1. The Hall–Kier alpha value is -2.95. The highest BCUT2D eigenvalue weighted by atomic mass is 16.4. The lowest BCUT2D eigenvalue weighted by Crippen LogP contribution is -2.26. The second kappa shape index (κ2) is 11.6. The average Bonchev–Trinajstić information content (AvgIpc) is 2.54. The zero-order chi connectivity index (χ0) is 18.5. The van der Waals surface area contributed by atoms with Gasteiger partial charge in [-0.15, -0.1) is 0 Å². The van der Waals surface area contributed by atoms with Gasteiger partial charge in [0.2, 0.25) is 0 Å². The van der Waals surface area contributed by atoms with Gasteiger partial charge < -0.3 is 10.4 Å². The van der Waals surface area contributed by atoms with Crippen molar-refractivity contribution in [1.82, 2.24) is 5.32 Å². The third kappa shape index (κ3) is 7.35. The molecule has 5 nitrogen and oxygen atoms in total. The van der Waals surface area contributed by atoms with Gasteiger partial charge in [0, 0.05) is 17.7 Å². The van der Waals surface area contributed by atoms with E-state index in [1.807, 2.05) is 0 Å². The molecule has 0 aliphatic heterocycles. The first-order valence-corrected chi connectivity index (χ1v) is 7.37. The minimum absolute atomic E-state index is 0.0381. The van der Waals surface area contributed by atoms with Gasteiger partial charge in [0.05, 0.1) is 6.42 Å². The van der Waals surface area contributed by atoms with Crippen LogP contribution in [0.5, 0.6) is 0 Å². The van der Waals surface area contributed by atoms with Gasteiger partial charge in [0.15, 0.2) is 6.29 Å². The molecule has 0 rings (SSSR count). The van der Waals surface area contributed by atoms with E-state index in [1.165, 1.54) is 6.08 Å². The van der Waals surface area contributed by atoms with Gasteiger partial charge in [-0.25, -0.2) is 0 Å². The number of aliphatic carboxylic acids is 1. The molecule has 0 heterocycles. The van der Waals surface area contributed by atoms with Crippen molar-refractivity contribution in [3.63, 3.8) is 0 Å². The Morgan fingerprint density at radius 3 is 2.29 bits per heavy atom. The number of rotatable bonds is 10. The minimum Gasteiger partial charge on any atom is -0.481 e. The molecule has 0 aromatic rings. The van der Waals surface area contributed by atoms with Crippen LogP contribution in [-0.2, 0) is 14.4 Å². The number of allylic oxidation sites excluding steroid dienone is 8. The quantitative estimate of drug-likeness (QED) is 0.367. The number of carbonyl (C=O) groups excluding carboxylic acids is 2. The Bertz CT molecular complexity index is 634. The highest BCUT2D eigenvalue weighted by Crippen LogP contribution is 2.16. The molecule has 5 heteroatoms. The number of carbonyl (C=O) groups is 3. The number of hydrogen-bond donors (Lipinski definition) is 2. The molecular formula is C19H23NO4. The maximum Gasteiger partial charge on any atom is 0.305 e. The molecule has 0 aromatic heterocycles. The summed E-state index contributed by atoms with van der Waals surface area (Å²) in [5, 5.41) is 11.1. The molecule has 0 unspecified atom stereocenters. The van der Waals surface area contributed by atoms with Gasteiger partial charge in [-0.2, -0.15) is 0 Å². The molecule has 128 valence electrons. The van der Waals surface area contributed by atoms with Crippen molar-refractivity contribution in [2.45, 2.75) is 20.3 Å². The van der Waals surface area contributed by atoms with Crippen molar-refractivity contribution < 1.29 is 19.5 Å². The lowest BCUT2D eigenvalue weighted by atomic mass is 10.0. The summed E-state index contributed by atoms with van der Waals surface area (Å²) in [4.78, 5) is 33.5. The third-order valence-corrected chi connectivity index (χ3v) is 3.03. The highest BCUT2D eigenvalue weighted by Gasteiger charge is 2.06. The fourth-order valence-electron chi connectivity index (χ4n) is 1.80. The molecule has 0 atom stereocenters. The lowest BCUT2D eigenvalue weighted by Gasteiger charge is -2.06. The van der Waals surface area contributed by atoms with Crippen LogP contribution in [-0.4, -0.2) is 29.8 Å². The van der Waals surface area contributed by atoms with Gasteiger partial charge in [0.25, 0.3) is 5.91 Å². The summed E-state index contributed by atoms with van der Waals surface area (Å²) in [7, 11) is 0. The summed E-state index contributed by atoms with van der Waals surface area (Å²) in [6, 6.07) is 0. The molecule has 1 amide bonds. The molecule has 0 aliphatic rings. The molecule has 0 radical (unpaired) electrons. The highest BCUT2D eigenvalue weighted by molar-refractivity contribution is 5.96. The Balaban J connectivity index is 5.38. The molecule has 0 spiro atoms. The Morgan fingerprint density at radius 1 is 1.17 bits per heavy atom. The van der Waals surface area contributed by atoms with Crippen LogP contribution in [0.15, 0.2) is 71.9 Å². The monoisotopic (exact) mass is 329 g/mol. The zero-order valence-corrected chi connectivity index (χ0v) is 14.0. The first-order valence-electron chi connectivity index (χ1n) is 7.37. The summed E-state index contributed by atoms with van der Waals surface area (Å²) >= 11 is 0. The number of aldehydes is 1. The van der Waals surface area contributed by atoms with E-state index < -0.39 is 11.9 Å². The smallest absolute Gasteiger partial charge is 0.305 e. The molecule has 0 aromatic carbocycles. The molecule has 2 N–H and O–H groups in total. The van der Waals surface area contributed by atoms with Gasteiger partial charge in [-0.1, -0.05) is 43.5 Å². The Labute approximate surface area is 142 Å². The SMILES string of the molecule is C=CC(=C(C=O)\C=C/C)/C(C)=C/C=C(\C=C)C(=O)NCCC(=O)O. The lowest BCUT2D eigenvalue weighted by molar-refractivity contribution is -0.136. The minimum atomic E-state index is -0.985. The van der Waals surface area contributed by atoms with E-state index in [0.29, 0.717) is 16.7 Å². The fraction of sp³-hybridized carbons (Fsp3) is 0.211. The predicted molar refractivity (Wildman–Crippen MR) is 95.4 cm³/mol. The molecule has 0 aliphatic carbocycles. The molecule has 0 bridgehead atoms. The molecule has 0 saturated heterocycles. The fourth-order valence-corrected chi connectivity index (χ4v) is 1.80. The van der Waals surface area contributed by atoms with E-state index in [0.717, 1.165) is 11.9 Å². The van der Waals surface area contributed by atoms with Crippen molar-refractivity contribution in [3.8, 4) is 0 Å². The molecule has 0 saturated carbocycles. The second-order valence-electron chi connectivity index (χ2n) is 4.77. The van der Waals surface area contributed by atoms with Crippen LogP contribution in [0.3, 0.4) is 0 Å². The molecule has 0 fully saturated rings. The summed E-state index contributed by atoms with van der Waals surface area (Å²) in [6.07, 6.45) is 10.2. The topological polar surface area (TPSA) is 83.5 Å². The Kier molecular flexibility index (Phi) is 10.2. The van der Waals surface area contributed by atoms with Crippen molar-refractivity contribution in [2.75, 3.05) is 6.54 Å². The van der Waals surface area contributed by atoms with Crippen molar-refractivity contribution in [3.05, 3.63) is 71.9 Å². The van der Waals surface area contributed by atoms with Crippen LogP contribution in [0, 0.1) is 0 Å². The zero-order valence-electron chi connectivity index (χ0n) is 14.0. The van der Waals surface area contributed by atoms with Crippen molar-refractivity contribution >= 4 is 18.2 Å². The number of nitrogens with one attached hydrogen (secondary N) is 1. The molecular weight excluding hydrogens is 306 g/mol. The molecule has 24 heavy (non-hydrogen) atoms. The van der Waals surface area contributed by atoms with Crippen LogP contribution in [0.4, 0.5) is 0 Å². The van der Waals surface area contributed by atoms with E-state index in [2.05, 4.69) is 18.5 Å². The summed E-state index contributed by atoms with van der Waals surface area (Å²) in [5.74, 6) is -1.40. The van der Waals surface area contributed by atoms with Gasteiger partial charge in [-0.05, 0) is 31.1 Å². The van der Waals surface area contributed by atoms with Crippen LogP contribution in [0.1, 0.15) is 20.3 Å². The number of hydrogen-bond acceptors (Lipinski definition) is 3. The maximum absolute atomic E-state index is 11.9. The number of carboxylic acids is 1. The first-order chi connectivity index (χ1) is 11.4. The van der Waals surface area contributed by atoms with Crippen LogP contribution < -0.4 is 5.32 Å². The van der Waals surface area contributed by atoms with E-state index in [1.54, 1.807) is 44.2 Å². The summed E-state index contributed by atoms with van der Waals surface area (Å²) < 4.78 is 0. The largest absolute Gasteiger partial charge is 0.481 e. The van der Waals surface area contributed by atoms with E-state index in [-0.39, 0.29) is 13.0 Å². The van der Waals surface area contributed by atoms with Crippen LogP contribution in [0.25, 0.3) is 0 Å². The Morgan fingerprint density at radius 2 is 1.83 bits per heavy atom. The number of carboxylic acid groups (broad SMARTS) is 1. The second-order valence-corrected chi connectivity index (χ2v) is 4.77. The third-order valence-electron chi connectivity index (χ3n) is 3.03. The van der Waals surface area contributed by atoms with E-state index >= 15 is 0 Å². The van der Waals surface area contributed by atoms with Crippen molar-refractivity contribution in [1.29, 1.82) is 0 Å². The average molecular weight is 329 g/mol. The van der Waals surface area contributed by atoms with Crippen molar-refractivity contribution in [2.24, 2.45) is 0 Å². The van der Waals surface area contributed by atoms with Gasteiger partial charge >= 0.3 is 5.97 Å². The maximum atomic E-state index is 11.9. The summed E-state index contributed by atoms with van der Waals surface area (Å²) in [6.45, 7) is 10.9. The van der Waals surface area contributed by atoms with Crippen LogP contribution in [0.2, 0.25) is 0 Å². The predicted octanol–water partition coefficient (Wildman–Crippen LogP) is 2.89. The first kappa shape index (κ1) is 21.0. The van der Waals surface area contributed by atoms with Gasteiger partial charge in [-0.3, -0.25) is 14.4 Å². The standard InChI is InChI=1S/C19H23NO4/c1-5-8-16(13-21)17(7-3)14(4)9-10-15(6-2)19(24)20-12-11-18(22)23/h5-10,13H,2-3,11-12H2,1,4H3,(H,20,24)(H,22,23)/b8-5-,14-9+,15-10+,17-16-. The van der Waals surface area contributed by atoms with E-state index in [4.69, 9.17) is 5.11 Å². The van der Waals surface area contributed by atoms with Gasteiger partial charge in [0.1, 0.15) is 0 Å². The van der Waals surface area contributed by atoms with Crippen LogP contribution >= 0.6 is 0 Å².